The number of H-pyrrole nitrogens is 1. The zero-order valence-corrected chi connectivity index (χ0v) is 16.4. The Morgan fingerprint density at radius 3 is 2.80 bits per heavy atom. The van der Waals surface area contributed by atoms with E-state index in [1.807, 2.05) is 42.5 Å². The molecule has 0 atom stereocenters. The number of aromatic nitrogens is 3. The van der Waals surface area contributed by atoms with Crippen molar-refractivity contribution in [1.82, 2.24) is 25.6 Å². The van der Waals surface area contributed by atoms with E-state index in [0.29, 0.717) is 12.1 Å². The van der Waals surface area contributed by atoms with Gasteiger partial charge in [0.05, 0.1) is 23.3 Å². The third-order valence-electron chi connectivity index (χ3n) is 4.75. The van der Waals surface area contributed by atoms with Gasteiger partial charge in [0.1, 0.15) is 11.6 Å². The Morgan fingerprint density at radius 1 is 1.03 bits per heavy atom. The predicted octanol–water partition coefficient (Wildman–Crippen LogP) is 3.36. The average Bonchev–Trinajstić information content (AvgIpc) is 3.19. The summed E-state index contributed by atoms with van der Waals surface area (Å²) in [7, 11) is 0. The highest BCUT2D eigenvalue weighted by atomic mass is 19.1. The molecular weight excluding hydrogens is 381 g/mol. The largest absolute Gasteiger partial charge is 0.346 e. The minimum Gasteiger partial charge on any atom is -0.346 e. The molecule has 1 amide bonds. The highest BCUT2D eigenvalue weighted by Gasteiger charge is 2.09. The molecule has 0 aliphatic carbocycles. The molecule has 0 aliphatic rings. The molecule has 152 valence electrons. The minimum atomic E-state index is -0.430. The zero-order valence-electron chi connectivity index (χ0n) is 16.4. The Balaban J connectivity index is 1.27. The normalized spacial score (nSPS) is 11.0. The Bertz CT molecular complexity index is 1120. The van der Waals surface area contributed by atoms with Gasteiger partial charge in [-0.1, -0.05) is 24.3 Å². The maximum Gasteiger partial charge on any atom is 0.251 e. The van der Waals surface area contributed by atoms with Crippen molar-refractivity contribution in [2.45, 2.75) is 19.5 Å². The first-order valence-corrected chi connectivity index (χ1v) is 9.80. The molecule has 0 unspecified atom stereocenters. The third-order valence-corrected chi connectivity index (χ3v) is 4.75. The van der Waals surface area contributed by atoms with Crippen LogP contribution in [0.5, 0.6) is 0 Å². The maximum atomic E-state index is 13.6. The smallest absolute Gasteiger partial charge is 0.251 e. The summed E-state index contributed by atoms with van der Waals surface area (Å²) in [4.78, 5) is 24.2. The fourth-order valence-corrected chi connectivity index (χ4v) is 3.20. The van der Waals surface area contributed by atoms with Crippen LogP contribution < -0.4 is 10.6 Å². The molecule has 0 bridgehead atoms. The molecule has 30 heavy (non-hydrogen) atoms. The monoisotopic (exact) mass is 403 g/mol. The number of para-hydroxylation sites is 2. The summed E-state index contributed by atoms with van der Waals surface area (Å²) in [6.45, 7) is 1.44. The molecule has 2 aromatic heterocycles. The number of nitrogens with zero attached hydrogens (tertiary/aromatic N) is 2. The van der Waals surface area contributed by atoms with E-state index in [0.717, 1.165) is 35.4 Å². The molecule has 2 heterocycles. The van der Waals surface area contributed by atoms with Gasteiger partial charge < -0.3 is 15.6 Å². The highest BCUT2D eigenvalue weighted by molar-refractivity contribution is 5.94. The topological polar surface area (TPSA) is 82.7 Å². The van der Waals surface area contributed by atoms with Crippen LogP contribution in [0.3, 0.4) is 0 Å². The van der Waals surface area contributed by atoms with Gasteiger partial charge in [-0.2, -0.15) is 0 Å². The van der Waals surface area contributed by atoms with E-state index in [4.69, 9.17) is 0 Å². The van der Waals surface area contributed by atoms with Gasteiger partial charge in [-0.15, -0.1) is 0 Å². The lowest BCUT2D eigenvalue weighted by Gasteiger charge is -2.08. The number of amides is 1. The molecule has 2 aromatic carbocycles. The van der Waals surface area contributed by atoms with E-state index in [1.54, 1.807) is 6.07 Å². The molecule has 3 N–H and O–H groups in total. The van der Waals surface area contributed by atoms with E-state index in [9.17, 15) is 9.18 Å². The van der Waals surface area contributed by atoms with Crippen LogP contribution in [0.4, 0.5) is 4.39 Å². The first-order chi connectivity index (χ1) is 14.7. The van der Waals surface area contributed by atoms with Crippen molar-refractivity contribution in [1.29, 1.82) is 0 Å². The van der Waals surface area contributed by atoms with Crippen molar-refractivity contribution in [2.75, 3.05) is 6.54 Å². The van der Waals surface area contributed by atoms with Crippen molar-refractivity contribution >= 4 is 16.9 Å². The molecular formula is C23H22FN5O. The van der Waals surface area contributed by atoms with Gasteiger partial charge in [-0.25, -0.2) is 9.37 Å². The lowest BCUT2D eigenvalue weighted by atomic mass is 10.1. The second-order valence-electron chi connectivity index (χ2n) is 6.94. The number of fused-ring (bicyclic) bond motifs is 1. The van der Waals surface area contributed by atoms with E-state index in [2.05, 4.69) is 25.6 Å². The Kier molecular flexibility index (Phi) is 6.10. The molecule has 0 fully saturated rings. The molecule has 0 aliphatic heterocycles. The van der Waals surface area contributed by atoms with Crippen molar-refractivity contribution in [2.24, 2.45) is 0 Å². The summed E-state index contributed by atoms with van der Waals surface area (Å²) in [6, 6.07) is 18.2. The third kappa shape index (κ3) is 4.87. The summed E-state index contributed by atoms with van der Waals surface area (Å²) in [5.74, 6) is 0.253. The summed E-state index contributed by atoms with van der Waals surface area (Å²) in [5, 5.41) is 6.09. The second-order valence-corrected chi connectivity index (χ2v) is 6.94. The fraction of sp³-hybridized carbons (Fsp3) is 0.174. The van der Waals surface area contributed by atoms with Crippen molar-refractivity contribution in [3.63, 3.8) is 0 Å². The SMILES string of the molecule is O=C(NCc1ncccc1F)c1cccc(CNCCc2nc3ccccc3[nH]2)c1. The lowest BCUT2D eigenvalue weighted by Crippen LogP contribution is -2.24. The van der Waals surface area contributed by atoms with Crippen LogP contribution >= 0.6 is 0 Å². The summed E-state index contributed by atoms with van der Waals surface area (Å²) < 4.78 is 13.6. The fourth-order valence-electron chi connectivity index (χ4n) is 3.20. The molecule has 0 radical (unpaired) electrons. The molecule has 0 spiro atoms. The molecule has 0 saturated heterocycles. The number of nitrogens with one attached hydrogen (secondary N) is 3. The standard InChI is InChI=1S/C23H22FN5O/c24-18-7-4-11-26-21(18)15-27-23(30)17-6-3-5-16(13-17)14-25-12-10-22-28-19-8-1-2-9-20(19)29-22/h1-9,11,13,25H,10,12,14-15H2,(H,27,30)(H,28,29). The molecule has 0 saturated carbocycles. The van der Waals surface area contributed by atoms with Crippen molar-refractivity contribution < 1.29 is 9.18 Å². The van der Waals surface area contributed by atoms with Crippen LogP contribution in [0.25, 0.3) is 11.0 Å². The summed E-state index contributed by atoms with van der Waals surface area (Å²) >= 11 is 0. The maximum absolute atomic E-state index is 13.6. The number of carbonyl (C=O) groups excluding carboxylic acids is 1. The van der Waals surface area contributed by atoms with Gasteiger partial charge in [-0.3, -0.25) is 9.78 Å². The summed E-state index contributed by atoms with van der Waals surface area (Å²) in [5.41, 5.74) is 3.75. The summed E-state index contributed by atoms with van der Waals surface area (Å²) in [6.07, 6.45) is 2.28. The number of aromatic amines is 1. The average molecular weight is 403 g/mol. The molecule has 7 heteroatoms. The molecule has 4 rings (SSSR count). The van der Waals surface area contributed by atoms with Gasteiger partial charge in [0, 0.05) is 31.3 Å². The van der Waals surface area contributed by atoms with Gasteiger partial charge in [0.25, 0.3) is 5.91 Å². The van der Waals surface area contributed by atoms with Crippen LogP contribution in [0.1, 0.15) is 27.4 Å². The number of pyridine rings is 1. The highest BCUT2D eigenvalue weighted by Crippen LogP contribution is 2.11. The van der Waals surface area contributed by atoms with Crippen molar-refractivity contribution in [3.8, 4) is 0 Å². The molecule has 6 nitrogen and oxygen atoms in total. The number of rotatable bonds is 8. The second kappa shape index (κ2) is 9.28. The number of benzene rings is 2. The van der Waals surface area contributed by atoms with Gasteiger partial charge in [0.2, 0.25) is 0 Å². The van der Waals surface area contributed by atoms with E-state index in [1.165, 1.54) is 18.3 Å². The first kappa shape index (κ1) is 19.7. The number of imidazole rings is 1. The number of hydrogen-bond donors (Lipinski definition) is 3. The van der Waals surface area contributed by atoms with Gasteiger partial charge >= 0.3 is 0 Å². The number of hydrogen-bond acceptors (Lipinski definition) is 4. The van der Waals surface area contributed by atoms with E-state index < -0.39 is 5.82 Å². The van der Waals surface area contributed by atoms with E-state index in [-0.39, 0.29) is 18.1 Å². The quantitative estimate of drug-likeness (QED) is 0.394. The molecule has 4 aromatic rings. The van der Waals surface area contributed by atoms with Gasteiger partial charge in [0.15, 0.2) is 0 Å². The van der Waals surface area contributed by atoms with Crippen molar-refractivity contribution in [3.05, 3.63) is 95.3 Å². The predicted molar refractivity (Wildman–Crippen MR) is 113 cm³/mol. The van der Waals surface area contributed by atoms with Crippen LogP contribution in [-0.4, -0.2) is 27.4 Å². The number of carbonyl (C=O) groups is 1. The number of halogens is 1. The van der Waals surface area contributed by atoms with Crippen LogP contribution in [-0.2, 0) is 19.5 Å². The Hall–Kier alpha value is -3.58. The Morgan fingerprint density at radius 2 is 1.93 bits per heavy atom. The van der Waals surface area contributed by atoms with E-state index >= 15 is 0 Å². The Labute approximate surface area is 173 Å². The van der Waals surface area contributed by atoms with Crippen LogP contribution in [0.2, 0.25) is 0 Å². The van der Waals surface area contributed by atoms with Crippen LogP contribution in [0.15, 0.2) is 66.9 Å². The van der Waals surface area contributed by atoms with Gasteiger partial charge in [-0.05, 0) is 42.0 Å². The lowest BCUT2D eigenvalue weighted by molar-refractivity contribution is 0.0950. The zero-order chi connectivity index (χ0) is 20.8. The van der Waals surface area contributed by atoms with Crippen LogP contribution in [0, 0.1) is 5.82 Å². The minimum absolute atomic E-state index is 0.0471. The first-order valence-electron chi connectivity index (χ1n) is 9.80.